The number of carbonyl (C=O) groups is 1. The van der Waals surface area contributed by atoms with Crippen molar-refractivity contribution in [3.8, 4) is 16.9 Å². The van der Waals surface area contributed by atoms with Gasteiger partial charge in [-0.15, -0.1) is 0 Å². The lowest BCUT2D eigenvalue weighted by Gasteiger charge is -2.22. The van der Waals surface area contributed by atoms with E-state index in [0.717, 1.165) is 59.6 Å². The predicted molar refractivity (Wildman–Crippen MR) is 145 cm³/mol. The quantitative estimate of drug-likeness (QED) is 0.287. The minimum atomic E-state index is -1.07. The van der Waals surface area contributed by atoms with Crippen molar-refractivity contribution < 1.29 is 14.3 Å². The molecule has 1 fully saturated rings. The molecule has 0 aliphatic carbocycles. The monoisotopic (exact) mass is 501 g/mol. The van der Waals surface area contributed by atoms with E-state index < -0.39 is 11.6 Å². The van der Waals surface area contributed by atoms with E-state index in [0.29, 0.717) is 0 Å². The lowest BCUT2D eigenvalue weighted by molar-refractivity contribution is -0.166. The Morgan fingerprint density at radius 3 is 2.54 bits per heavy atom. The van der Waals surface area contributed by atoms with E-state index in [4.69, 9.17) is 14.6 Å². The van der Waals surface area contributed by atoms with Gasteiger partial charge in [-0.3, -0.25) is 4.68 Å². The van der Waals surface area contributed by atoms with E-state index in [1.807, 2.05) is 10.9 Å². The van der Waals surface area contributed by atoms with Crippen molar-refractivity contribution in [2.75, 3.05) is 25.1 Å². The van der Waals surface area contributed by atoms with Crippen LogP contribution < -0.4 is 4.90 Å². The van der Waals surface area contributed by atoms with Crippen LogP contribution in [0.3, 0.4) is 0 Å². The molecule has 5 rings (SSSR count). The Hall–Kier alpha value is -3.65. The molecular formula is C29H35N5O3. The van der Waals surface area contributed by atoms with Crippen LogP contribution in [-0.4, -0.2) is 51.3 Å². The predicted octanol–water partition coefficient (Wildman–Crippen LogP) is 5.37. The Morgan fingerprint density at radius 1 is 1.05 bits per heavy atom. The fourth-order valence-electron chi connectivity index (χ4n) is 4.94. The average Bonchev–Trinajstić information content (AvgIpc) is 3.67. The number of aryl methyl sites for hydroxylation is 1. The second-order valence-electron chi connectivity index (χ2n) is 10.0. The van der Waals surface area contributed by atoms with Crippen LogP contribution in [0.1, 0.15) is 45.7 Å². The van der Waals surface area contributed by atoms with E-state index in [-0.39, 0.29) is 6.61 Å². The molecule has 8 nitrogen and oxygen atoms in total. The highest BCUT2D eigenvalue weighted by Gasteiger charge is 2.30. The van der Waals surface area contributed by atoms with Crippen LogP contribution in [-0.2, 0) is 27.4 Å². The first-order chi connectivity index (χ1) is 17.9. The molecule has 0 N–H and O–H groups in total. The summed E-state index contributed by atoms with van der Waals surface area (Å²) in [6.07, 6.45) is 5.32. The molecule has 1 saturated heterocycles. The molecule has 0 amide bonds. The first-order valence-corrected chi connectivity index (χ1v) is 13.0. The number of rotatable bonds is 9. The second-order valence-corrected chi connectivity index (χ2v) is 10.0. The van der Waals surface area contributed by atoms with Crippen molar-refractivity contribution in [1.82, 2.24) is 19.6 Å². The number of fused-ring (bicyclic) bond motifs is 1. The lowest BCUT2D eigenvalue weighted by Crippen LogP contribution is -2.35. The van der Waals surface area contributed by atoms with Gasteiger partial charge < -0.3 is 14.4 Å². The number of hydrogen-bond acceptors (Lipinski definition) is 6. The smallest absolute Gasteiger partial charge is 0.337 e. The highest BCUT2D eigenvalue weighted by molar-refractivity contribution is 5.84. The van der Waals surface area contributed by atoms with E-state index >= 15 is 0 Å². The van der Waals surface area contributed by atoms with Crippen LogP contribution in [0, 0.1) is 0 Å². The Labute approximate surface area is 217 Å². The number of hydrogen-bond donors (Lipinski definition) is 0. The summed E-state index contributed by atoms with van der Waals surface area (Å²) in [5.74, 6) is -0.416. The van der Waals surface area contributed by atoms with Gasteiger partial charge in [0, 0.05) is 30.6 Å². The SMILES string of the molecule is CCCn1ncc2ccc(-c3cc(COC(C)(C)C(=O)OC)nn3-c3ccccc3N3CCCC3)cc21. The molecule has 4 aromatic rings. The minimum absolute atomic E-state index is 0.185. The van der Waals surface area contributed by atoms with Gasteiger partial charge in [0.15, 0.2) is 5.60 Å². The van der Waals surface area contributed by atoms with Crippen molar-refractivity contribution in [3.63, 3.8) is 0 Å². The maximum Gasteiger partial charge on any atom is 0.337 e. The molecule has 0 radical (unpaired) electrons. The minimum Gasteiger partial charge on any atom is -0.467 e. The van der Waals surface area contributed by atoms with Crippen molar-refractivity contribution >= 4 is 22.6 Å². The van der Waals surface area contributed by atoms with Crippen LogP contribution in [0.5, 0.6) is 0 Å². The molecule has 0 atom stereocenters. The van der Waals surface area contributed by atoms with E-state index in [1.165, 1.54) is 25.6 Å². The Balaban J connectivity index is 1.60. The van der Waals surface area contributed by atoms with Crippen molar-refractivity contribution in [2.45, 2.75) is 58.8 Å². The van der Waals surface area contributed by atoms with Crippen molar-refractivity contribution in [3.05, 3.63) is 60.4 Å². The highest BCUT2D eigenvalue weighted by Crippen LogP contribution is 2.33. The topological polar surface area (TPSA) is 74.4 Å². The summed E-state index contributed by atoms with van der Waals surface area (Å²) in [6.45, 7) is 8.71. The average molecular weight is 502 g/mol. The molecular weight excluding hydrogens is 466 g/mol. The zero-order valence-electron chi connectivity index (χ0n) is 22.1. The molecule has 1 aliphatic rings. The van der Waals surface area contributed by atoms with E-state index in [9.17, 15) is 4.79 Å². The van der Waals surface area contributed by atoms with Crippen LogP contribution in [0.4, 0.5) is 5.69 Å². The zero-order valence-corrected chi connectivity index (χ0v) is 22.1. The molecule has 0 saturated carbocycles. The molecule has 0 unspecified atom stereocenters. The van der Waals surface area contributed by atoms with Gasteiger partial charge in [-0.1, -0.05) is 31.2 Å². The summed E-state index contributed by atoms with van der Waals surface area (Å²) in [7, 11) is 1.37. The van der Waals surface area contributed by atoms with Crippen molar-refractivity contribution in [2.24, 2.45) is 0 Å². The number of nitrogens with zero attached hydrogens (tertiary/aromatic N) is 5. The number of methoxy groups -OCH3 is 1. The highest BCUT2D eigenvalue weighted by atomic mass is 16.6. The van der Waals surface area contributed by atoms with Crippen molar-refractivity contribution in [1.29, 1.82) is 0 Å². The molecule has 8 heteroatoms. The van der Waals surface area contributed by atoms with Gasteiger partial charge in [0.1, 0.15) is 0 Å². The number of esters is 1. The summed E-state index contributed by atoms with van der Waals surface area (Å²) in [5, 5.41) is 10.7. The van der Waals surface area contributed by atoms with Gasteiger partial charge in [-0.05, 0) is 57.4 Å². The Kier molecular flexibility index (Phi) is 7.02. The fraction of sp³-hybridized carbons (Fsp3) is 0.414. The number of ether oxygens (including phenoxy) is 2. The number of para-hydroxylation sites is 2. The van der Waals surface area contributed by atoms with Crippen LogP contribution >= 0.6 is 0 Å². The number of benzene rings is 2. The second kappa shape index (κ2) is 10.4. The third-order valence-corrected chi connectivity index (χ3v) is 6.95. The standard InChI is InChI=1S/C29H35N5O3/c1-5-14-33-26-17-21(12-13-22(26)19-30-33)27-18-23(20-37-29(2,3)28(35)36-4)31-34(27)25-11-7-6-10-24(25)32-15-8-9-16-32/h6-7,10-13,17-19H,5,8-9,14-16,20H2,1-4H3. The fourth-order valence-corrected chi connectivity index (χ4v) is 4.94. The largest absolute Gasteiger partial charge is 0.467 e. The van der Waals surface area contributed by atoms with E-state index in [2.05, 4.69) is 70.1 Å². The summed E-state index contributed by atoms with van der Waals surface area (Å²) in [5.41, 5.74) is 4.98. The summed E-state index contributed by atoms with van der Waals surface area (Å²) in [4.78, 5) is 14.6. The molecule has 2 aromatic carbocycles. The molecule has 194 valence electrons. The van der Waals surface area contributed by atoms with Gasteiger partial charge in [0.05, 0.1) is 48.2 Å². The molecule has 1 aliphatic heterocycles. The van der Waals surface area contributed by atoms with Crippen LogP contribution in [0.2, 0.25) is 0 Å². The van der Waals surface area contributed by atoms with Gasteiger partial charge in [-0.25, -0.2) is 9.48 Å². The number of carbonyl (C=O) groups excluding carboxylic acids is 1. The summed E-state index contributed by atoms with van der Waals surface area (Å²) >= 11 is 0. The Morgan fingerprint density at radius 2 is 1.81 bits per heavy atom. The van der Waals surface area contributed by atoms with Gasteiger partial charge in [0.25, 0.3) is 0 Å². The first kappa shape index (κ1) is 25.0. The summed E-state index contributed by atoms with van der Waals surface area (Å²) in [6, 6.07) is 16.9. The zero-order chi connectivity index (χ0) is 26.0. The number of anilines is 1. The lowest BCUT2D eigenvalue weighted by atomic mass is 10.1. The van der Waals surface area contributed by atoms with Gasteiger partial charge in [-0.2, -0.15) is 10.2 Å². The Bertz CT molecular complexity index is 1400. The normalized spacial score (nSPS) is 14.0. The van der Waals surface area contributed by atoms with E-state index in [1.54, 1.807) is 13.8 Å². The first-order valence-electron chi connectivity index (χ1n) is 13.0. The molecule has 0 bridgehead atoms. The van der Waals surface area contributed by atoms with Gasteiger partial charge >= 0.3 is 5.97 Å². The maximum atomic E-state index is 12.2. The molecule has 37 heavy (non-hydrogen) atoms. The molecule has 2 aromatic heterocycles. The maximum absolute atomic E-state index is 12.2. The van der Waals surface area contributed by atoms with Crippen LogP contribution in [0.15, 0.2) is 54.7 Å². The third kappa shape index (κ3) is 4.98. The van der Waals surface area contributed by atoms with Crippen LogP contribution in [0.25, 0.3) is 27.8 Å². The number of aromatic nitrogens is 4. The molecule has 0 spiro atoms. The third-order valence-electron chi connectivity index (χ3n) is 6.95. The summed E-state index contributed by atoms with van der Waals surface area (Å²) < 4.78 is 14.9. The molecule has 3 heterocycles. The van der Waals surface area contributed by atoms with Gasteiger partial charge in [0.2, 0.25) is 0 Å².